The molecule has 2 bridgehead atoms. The number of nitrogens with two attached hydrogens (primary N) is 1. The maximum atomic E-state index is 11.3. The highest BCUT2D eigenvalue weighted by Gasteiger charge is 2.48. The number of aliphatic hydroxyl groups is 1. The molecule has 1 saturated carbocycles. The molecule has 8 atom stereocenters. The molecule has 3 nitrogen and oxygen atoms in total. The van der Waals surface area contributed by atoms with Crippen molar-refractivity contribution in [1.82, 2.24) is 4.90 Å². The minimum atomic E-state index is -0.0556. The van der Waals surface area contributed by atoms with Crippen molar-refractivity contribution in [2.75, 3.05) is 19.6 Å². The molecule has 8 unspecified atom stereocenters. The van der Waals surface area contributed by atoms with Crippen LogP contribution in [0.3, 0.4) is 0 Å². The Kier molecular flexibility index (Phi) is 4.49. The molecular weight excluding hydrogens is 272 g/mol. The summed E-state index contributed by atoms with van der Waals surface area (Å²) in [5, 5.41) is 13.9. The predicted molar refractivity (Wildman–Crippen MR) is 88.5 cm³/mol. The molecule has 4 aliphatic heterocycles. The lowest BCUT2D eigenvalue weighted by Gasteiger charge is -2.53. The molecule has 1 aliphatic carbocycles. The van der Waals surface area contributed by atoms with E-state index in [0.29, 0.717) is 12.0 Å². The average Bonchev–Trinajstić information content (AvgIpc) is 2.60. The summed E-state index contributed by atoms with van der Waals surface area (Å²) >= 11 is 0. The lowest BCUT2D eigenvalue weighted by Crippen LogP contribution is -2.94. The predicted octanol–water partition coefficient (Wildman–Crippen LogP) is 1.61. The van der Waals surface area contributed by atoms with Gasteiger partial charge in [0.15, 0.2) is 0 Å². The van der Waals surface area contributed by atoms with Crippen LogP contribution < -0.4 is 5.32 Å². The summed E-state index contributed by atoms with van der Waals surface area (Å²) in [5.74, 6) is 3.17. The Morgan fingerprint density at radius 3 is 2.82 bits per heavy atom. The second kappa shape index (κ2) is 6.41. The van der Waals surface area contributed by atoms with Gasteiger partial charge in [0.25, 0.3) is 0 Å². The molecule has 0 aromatic heterocycles. The average molecular weight is 308 g/mol. The van der Waals surface area contributed by atoms with Gasteiger partial charge in [-0.05, 0) is 50.5 Å². The Morgan fingerprint density at radius 2 is 2.05 bits per heavy atom. The Bertz CT molecular complexity index is 386. The fourth-order valence-electron chi connectivity index (χ4n) is 6.44. The standard InChI is InChI=1S/C19H34N2O/c1-2-13-12-21-10-8-14(13)11-18(21)19(22)16-7-9-20-17-6-4-3-5-15(16)17/h13-20,22H,2-12H2,1H3/p+1. The van der Waals surface area contributed by atoms with Crippen molar-refractivity contribution in [3.8, 4) is 0 Å². The van der Waals surface area contributed by atoms with E-state index < -0.39 is 0 Å². The summed E-state index contributed by atoms with van der Waals surface area (Å²) in [6, 6.07) is 1.30. The van der Waals surface area contributed by atoms with Crippen LogP contribution in [0.25, 0.3) is 0 Å². The van der Waals surface area contributed by atoms with Crippen molar-refractivity contribution in [2.24, 2.45) is 23.7 Å². The molecule has 126 valence electrons. The van der Waals surface area contributed by atoms with E-state index in [1.807, 2.05) is 0 Å². The maximum Gasteiger partial charge on any atom is 0.0891 e. The van der Waals surface area contributed by atoms with Gasteiger partial charge < -0.3 is 10.4 Å². The fraction of sp³-hybridized carbons (Fsp3) is 1.00. The highest BCUT2D eigenvalue weighted by atomic mass is 16.3. The van der Waals surface area contributed by atoms with E-state index in [4.69, 9.17) is 0 Å². The lowest BCUT2D eigenvalue weighted by atomic mass is 9.66. The topological polar surface area (TPSA) is 40.1 Å². The number of hydrogen-bond acceptors (Lipinski definition) is 2. The van der Waals surface area contributed by atoms with Gasteiger partial charge in [0.05, 0.1) is 18.7 Å². The third-order valence-electron chi connectivity index (χ3n) is 7.69. The number of aliphatic hydroxyl groups excluding tert-OH is 1. The van der Waals surface area contributed by atoms with Crippen LogP contribution in [-0.2, 0) is 0 Å². The Morgan fingerprint density at radius 1 is 1.18 bits per heavy atom. The van der Waals surface area contributed by atoms with Gasteiger partial charge in [0.1, 0.15) is 0 Å². The summed E-state index contributed by atoms with van der Waals surface area (Å²) in [7, 11) is 0. The molecule has 4 heterocycles. The smallest absolute Gasteiger partial charge is 0.0891 e. The summed E-state index contributed by atoms with van der Waals surface area (Å²) in [4.78, 5) is 2.66. The van der Waals surface area contributed by atoms with Crippen LogP contribution in [0, 0.1) is 23.7 Å². The highest BCUT2D eigenvalue weighted by molar-refractivity contribution is 4.99. The second-order valence-corrected chi connectivity index (χ2v) is 8.59. The van der Waals surface area contributed by atoms with Crippen molar-refractivity contribution in [3.05, 3.63) is 0 Å². The Balaban J connectivity index is 1.46. The molecule has 0 amide bonds. The maximum absolute atomic E-state index is 11.3. The lowest BCUT2D eigenvalue weighted by molar-refractivity contribution is -0.710. The van der Waals surface area contributed by atoms with Crippen LogP contribution >= 0.6 is 0 Å². The van der Waals surface area contributed by atoms with Crippen LogP contribution in [0.5, 0.6) is 0 Å². The van der Waals surface area contributed by atoms with Gasteiger partial charge in [0, 0.05) is 30.8 Å². The van der Waals surface area contributed by atoms with Crippen molar-refractivity contribution < 1.29 is 10.4 Å². The normalized spacial score (nSPS) is 49.6. The van der Waals surface area contributed by atoms with Crippen LogP contribution in [0.4, 0.5) is 0 Å². The van der Waals surface area contributed by atoms with E-state index >= 15 is 0 Å². The minimum absolute atomic E-state index is 0.0556. The number of piperidine rings is 4. The molecule has 0 aromatic rings. The Hall–Kier alpha value is -0.120. The molecule has 5 fully saturated rings. The van der Waals surface area contributed by atoms with Gasteiger partial charge in [0.2, 0.25) is 0 Å². The van der Waals surface area contributed by atoms with Crippen molar-refractivity contribution >= 4 is 0 Å². The largest absolute Gasteiger partial charge is 0.391 e. The molecule has 22 heavy (non-hydrogen) atoms. The van der Waals surface area contributed by atoms with E-state index in [1.54, 1.807) is 0 Å². The zero-order valence-corrected chi connectivity index (χ0v) is 14.3. The number of rotatable bonds is 3. The molecule has 5 rings (SSSR count). The first-order chi connectivity index (χ1) is 10.8. The molecule has 0 spiro atoms. The molecular formula is C19H35N2O+. The minimum Gasteiger partial charge on any atom is -0.391 e. The molecule has 0 radical (unpaired) electrons. The third-order valence-corrected chi connectivity index (χ3v) is 7.69. The van der Waals surface area contributed by atoms with Gasteiger partial charge in [-0.1, -0.05) is 19.8 Å². The van der Waals surface area contributed by atoms with Crippen LogP contribution in [0.2, 0.25) is 0 Å². The van der Waals surface area contributed by atoms with Crippen molar-refractivity contribution in [1.29, 1.82) is 0 Å². The van der Waals surface area contributed by atoms with E-state index in [2.05, 4.69) is 17.1 Å². The zero-order valence-electron chi connectivity index (χ0n) is 14.3. The summed E-state index contributed by atoms with van der Waals surface area (Å²) < 4.78 is 0. The first-order valence-corrected chi connectivity index (χ1v) is 10.0. The SMILES string of the molecule is CCC1CN2CCC1CC2C(O)C1CC[NH2+]C2CCCCC21. The molecule has 5 aliphatic rings. The van der Waals surface area contributed by atoms with E-state index in [0.717, 1.165) is 23.8 Å². The molecule has 0 aromatic carbocycles. The number of nitrogens with zero attached hydrogens (tertiary/aromatic N) is 1. The molecule has 3 N–H and O–H groups in total. The van der Waals surface area contributed by atoms with Gasteiger partial charge in [-0.15, -0.1) is 0 Å². The van der Waals surface area contributed by atoms with Gasteiger partial charge in [-0.3, -0.25) is 4.90 Å². The summed E-state index contributed by atoms with van der Waals surface area (Å²) in [5.41, 5.74) is 0. The van der Waals surface area contributed by atoms with Gasteiger partial charge in [-0.2, -0.15) is 0 Å². The number of quaternary nitrogens is 1. The van der Waals surface area contributed by atoms with Crippen molar-refractivity contribution in [2.45, 2.75) is 76.5 Å². The van der Waals surface area contributed by atoms with Crippen molar-refractivity contribution in [3.63, 3.8) is 0 Å². The van der Waals surface area contributed by atoms with E-state index in [9.17, 15) is 5.11 Å². The quantitative estimate of drug-likeness (QED) is 0.831. The summed E-state index contributed by atoms with van der Waals surface area (Å²) in [6.07, 6.45) is 10.7. The van der Waals surface area contributed by atoms with Gasteiger partial charge in [-0.25, -0.2) is 0 Å². The number of fused-ring (bicyclic) bond motifs is 4. The van der Waals surface area contributed by atoms with Crippen LogP contribution in [0.1, 0.15) is 58.3 Å². The zero-order chi connectivity index (χ0) is 15.1. The second-order valence-electron chi connectivity index (χ2n) is 8.59. The molecule has 4 saturated heterocycles. The van der Waals surface area contributed by atoms with Crippen LogP contribution in [-0.4, -0.2) is 47.8 Å². The third kappa shape index (κ3) is 2.63. The van der Waals surface area contributed by atoms with Crippen LogP contribution in [0.15, 0.2) is 0 Å². The Labute approximate surface area is 135 Å². The van der Waals surface area contributed by atoms with E-state index in [-0.39, 0.29) is 6.10 Å². The number of hydrogen-bond donors (Lipinski definition) is 2. The highest BCUT2D eigenvalue weighted by Crippen LogP contribution is 2.42. The van der Waals surface area contributed by atoms with E-state index in [1.165, 1.54) is 71.0 Å². The monoisotopic (exact) mass is 307 g/mol. The summed E-state index contributed by atoms with van der Waals surface area (Å²) in [6.45, 7) is 6.10. The molecule has 3 heteroatoms. The van der Waals surface area contributed by atoms with Gasteiger partial charge >= 0.3 is 0 Å². The first-order valence-electron chi connectivity index (χ1n) is 10.0. The fourth-order valence-corrected chi connectivity index (χ4v) is 6.44. The first kappa shape index (κ1) is 15.4.